The maximum Gasteiger partial charge on any atom is 0.255 e. The second-order valence-corrected chi connectivity index (χ2v) is 6.28. The number of carbonyl (C=O) groups excluding carboxylic acids is 2. The minimum absolute atomic E-state index is 0.0404. The van der Waals surface area contributed by atoms with Crippen LogP contribution in [0.2, 0.25) is 0 Å². The van der Waals surface area contributed by atoms with Gasteiger partial charge in [-0.2, -0.15) is 0 Å². The van der Waals surface area contributed by atoms with Gasteiger partial charge in [-0.25, -0.2) is 0 Å². The SMILES string of the molecule is COc1cc(C)ccc1C(=O)N[C@@H]1CCOC[C@H]1OCC(=O)N(C)C. The smallest absolute Gasteiger partial charge is 0.255 e. The largest absolute Gasteiger partial charge is 0.496 e. The molecule has 25 heavy (non-hydrogen) atoms. The lowest BCUT2D eigenvalue weighted by Gasteiger charge is -2.32. The van der Waals surface area contributed by atoms with Crippen LogP contribution in [0.1, 0.15) is 22.3 Å². The molecule has 0 bridgehead atoms. The van der Waals surface area contributed by atoms with E-state index in [1.54, 1.807) is 27.3 Å². The van der Waals surface area contributed by atoms with Gasteiger partial charge in [0.1, 0.15) is 18.5 Å². The van der Waals surface area contributed by atoms with Crippen LogP contribution in [0.25, 0.3) is 0 Å². The number of rotatable bonds is 6. The van der Waals surface area contributed by atoms with E-state index in [2.05, 4.69) is 5.32 Å². The van der Waals surface area contributed by atoms with Crippen molar-refractivity contribution in [3.63, 3.8) is 0 Å². The molecule has 1 aromatic carbocycles. The molecule has 0 radical (unpaired) electrons. The fourth-order valence-electron chi connectivity index (χ4n) is 2.58. The molecule has 0 spiro atoms. The van der Waals surface area contributed by atoms with Crippen molar-refractivity contribution in [2.75, 3.05) is 41.0 Å². The molecule has 2 atom stereocenters. The zero-order valence-corrected chi connectivity index (χ0v) is 15.2. The van der Waals surface area contributed by atoms with Crippen molar-refractivity contribution in [3.8, 4) is 5.75 Å². The van der Waals surface area contributed by atoms with E-state index in [4.69, 9.17) is 14.2 Å². The first-order valence-electron chi connectivity index (χ1n) is 8.27. The lowest BCUT2D eigenvalue weighted by molar-refractivity contribution is -0.140. The number of nitrogens with one attached hydrogen (secondary N) is 1. The number of amides is 2. The summed E-state index contributed by atoms with van der Waals surface area (Å²) in [5.74, 6) is 0.178. The van der Waals surface area contributed by atoms with E-state index in [1.165, 1.54) is 4.90 Å². The maximum absolute atomic E-state index is 12.6. The summed E-state index contributed by atoms with van der Waals surface area (Å²) in [4.78, 5) is 25.8. The predicted molar refractivity (Wildman–Crippen MR) is 92.9 cm³/mol. The van der Waals surface area contributed by atoms with Gasteiger partial charge < -0.3 is 24.4 Å². The lowest BCUT2D eigenvalue weighted by atomic mass is 10.0. The van der Waals surface area contributed by atoms with Crippen LogP contribution in [0.4, 0.5) is 0 Å². The van der Waals surface area contributed by atoms with Gasteiger partial charge in [-0.1, -0.05) is 6.07 Å². The average molecular weight is 350 g/mol. The summed E-state index contributed by atoms with van der Waals surface area (Å²) < 4.78 is 16.4. The van der Waals surface area contributed by atoms with E-state index >= 15 is 0 Å². The standard InChI is InChI=1S/C18H26N2O5/c1-12-5-6-13(15(9-12)23-4)18(22)19-14-7-8-24-10-16(14)25-11-17(21)20(2)3/h5-6,9,14,16H,7-8,10-11H2,1-4H3,(H,19,22)/t14-,16-/m1/s1. The zero-order chi connectivity index (χ0) is 18.4. The number of benzene rings is 1. The van der Waals surface area contributed by atoms with Gasteiger partial charge >= 0.3 is 0 Å². The Morgan fingerprint density at radius 2 is 2.12 bits per heavy atom. The highest BCUT2D eigenvalue weighted by atomic mass is 16.5. The Morgan fingerprint density at radius 3 is 2.80 bits per heavy atom. The molecule has 0 aromatic heterocycles. The van der Waals surface area contributed by atoms with Crippen LogP contribution in [0.3, 0.4) is 0 Å². The molecule has 1 heterocycles. The Kier molecular flexibility index (Phi) is 6.78. The van der Waals surface area contributed by atoms with E-state index in [1.807, 2.05) is 19.1 Å². The van der Waals surface area contributed by atoms with Crippen LogP contribution in [0.5, 0.6) is 5.75 Å². The van der Waals surface area contributed by atoms with Gasteiger partial charge in [0.25, 0.3) is 5.91 Å². The Hall–Kier alpha value is -2.12. The maximum atomic E-state index is 12.6. The van der Waals surface area contributed by atoms with Crippen LogP contribution in [-0.4, -0.2) is 69.9 Å². The number of aryl methyl sites for hydroxylation is 1. The predicted octanol–water partition coefficient (Wildman–Crippen LogP) is 0.996. The van der Waals surface area contributed by atoms with Gasteiger partial charge in [-0.05, 0) is 31.0 Å². The lowest BCUT2D eigenvalue weighted by Crippen LogP contribution is -2.50. The van der Waals surface area contributed by atoms with E-state index in [0.29, 0.717) is 30.9 Å². The summed E-state index contributed by atoms with van der Waals surface area (Å²) in [6.07, 6.45) is 0.263. The second-order valence-electron chi connectivity index (χ2n) is 6.28. The molecule has 138 valence electrons. The van der Waals surface area contributed by atoms with Crippen molar-refractivity contribution in [1.29, 1.82) is 0 Å². The first-order valence-corrected chi connectivity index (χ1v) is 8.27. The number of carbonyl (C=O) groups is 2. The third-order valence-corrected chi connectivity index (χ3v) is 4.14. The molecule has 7 heteroatoms. The fraction of sp³-hybridized carbons (Fsp3) is 0.556. The zero-order valence-electron chi connectivity index (χ0n) is 15.2. The van der Waals surface area contributed by atoms with Crippen LogP contribution >= 0.6 is 0 Å². The average Bonchev–Trinajstić information content (AvgIpc) is 2.60. The quantitative estimate of drug-likeness (QED) is 0.828. The molecule has 1 aromatic rings. The third kappa shape index (κ3) is 5.17. The molecule has 0 aliphatic carbocycles. The van der Waals surface area contributed by atoms with Crippen molar-refractivity contribution in [2.24, 2.45) is 0 Å². The molecule has 1 fully saturated rings. The normalized spacial score (nSPS) is 20.0. The Bertz CT molecular complexity index is 617. The monoisotopic (exact) mass is 350 g/mol. The number of hydrogen-bond donors (Lipinski definition) is 1. The Labute approximate surface area is 148 Å². The molecule has 2 rings (SSSR count). The van der Waals surface area contributed by atoms with Crippen molar-refractivity contribution >= 4 is 11.8 Å². The topological polar surface area (TPSA) is 77.1 Å². The summed E-state index contributed by atoms with van der Waals surface area (Å²) in [6, 6.07) is 5.21. The van der Waals surface area contributed by atoms with Gasteiger partial charge in [0, 0.05) is 20.7 Å². The van der Waals surface area contributed by atoms with Gasteiger partial charge in [-0.3, -0.25) is 9.59 Å². The summed E-state index contributed by atoms with van der Waals surface area (Å²) in [5, 5.41) is 2.98. The summed E-state index contributed by atoms with van der Waals surface area (Å²) in [5.41, 5.74) is 1.49. The molecule has 0 unspecified atom stereocenters. The third-order valence-electron chi connectivity index (χ3n) is 4.14. The molecular formula is C18H26N2O5. The van der Waals surface area contributed by atoms with Crippen LogP contribution in [0.15, 0.2) is 18.2 Å². The van der Waals surface area contributed by atoms with Gasteiger partial charge in [0.15, 0.2) is 0 Å². The van der Waals surface area contributed by atoms with E-state index in [-0.39, 0.29) is 30.6 Å². The highest BCUT2D eigenvalue weighted by molar-refractivity contribution is 5.97. The minimum atomic E-state index is -0.363. The molecule has 1 N–H and O–H groups in total. The molecular weight excluding hydrogens is 324 g/mol. The Morgan fingerprint density at radius 1 is 1.36 bits per heavy atom. The van der Waals surface area contributed by atoms with E-state index < -0.39 is 0 Å². The second kappa shape index (κ2) is 8.82. The van der Waals surface area contributed by atoms with Crippen molar-refractivity contribution in [1.82, 2.24) is 10.2 Å². The number of likely N-dealkylation sites (N-methyl/N-ethyl adjacent to an activating group) is 1. The molecule has 1 saturated heterocycles. The van der Waals surface area contributed by atoms with Crippen molar-refractivity contribution < 1.29 is 23.8 Å². The Balaban J connectivity index is 2.03. The number of nitrogens with zero attached hydrogens (tertiary/aromatic N) is 1. The first kappa shape index (κ1) is 19.2. The highest BCUT2D eigenvalue weighted by Gasteiger charge is 2.29. The number of methoxy groups -OCH3 is 1. The van der Waals surface area contributed by atoms with E-state index in [0.717, 1.165) is 5.56 Å². The summed E-state index contributed by atoms with van der Waals surface area (Å²) in [6.45, 7) is 2.78. The van der Waals surface area contributed by atoms with Gasteiger partial charge in [0.05, 0.1) is 25.3 Å². The highest BCUT2D eigenvalue weighted by Crippen LogP contribution is 2.21. The molecule has 1 aliphatic rings. The molecule has 2 amide bonds. The summed E-state index contributed by atoms with van der Waals surface area (Å²) >= 11 is 0. The minimum Gasteiger partial charge on any atom is -0.496 e. The van der Waals surface area contributed by atoms with Crippen molar-refractivity contribution in [3.05, 3.63) is 29.3 Å². The van der Waals surface area contributed by atoms with Crippen LogP contribution in [-0.2, 0) is 14.3 Å². The van der Waals surface area contributed by atoms with Crippen LogP contribution in [0, 0.1) is 6.92 Å². The molecule has 7 nitrogen and oxygen atoms in total. The first-order chi connectivity index (χ1) is 11.9. The van der Waals surface area contributed by atoms with Gasteiger partial charge in [0.2, 0.25) is 5.91 Å². The van der Waals surface area contributed by atoms with Gasteiger partial charge in [-0.15, -0.1) is 0 Å². The number of ether oxygens (including phenoxy) is 3. The number of hydrogen-bond acceptors (Lipinski definition) is 5. The van der Waals surface area contributed by atoms with E-state index in [9.17, 15) is 9.59 Å². The summed E-state index contributed by atoms with van der Waals surface area (Å²) in [7, 11) is 4.89. The van der Waals surface area contributed by atoms with Crippen LogP contribution < -0.4 is 10.1 Å². The van der Waals surface area contributed by atoms with Crippen molar-refractivity contribution in [2.45, 2.75) is 25.5 Å². The molecule has 0 saturated carbocycles. The molecule has 1 aliphatic heterocycles. The fourth-order valence-corrected chi connectivity index (χ4v) is 2.58.